The van der Waals surface area contributed by atoms with Crippen LogP contribution in [0.3, 0.4) is 0 Å². The van der Waals surface area contributed by atoms with Crippen molar-refractivity contribution in [1.29, 1.82) is 0 Å². The van der Waals surface area contributed by atoms with Gasteiger partial charge in [-0.05, 0) is 24.5 Å². The number of carbonyl (C=O) groups is 1. The molecule has 0 fully saturated rings. The first kappa shape index (κ1) is 12.6. The van der Waals surface area contributed by atoms with Gasteiger partial charge in [-0.1, -0.05) is 31.5 Å². The van der Waals surface area contributed by atoms with E-state index in [1.165, 1.54) is 0 Å². The number of nitrogens with one attached hydrogen (secondary N) is 1. The van der Waals surface area contributed by atoms with E-state index < -0.39 is 5.97 Å². The van der Waals surface area contributed by atoms with Gasteiger partial charge in [0.15, 0.2) is 0 Å². The molecule has 3 heteroatoms. The molecule has 0 bridgehead atoms. The van der Waals surface area contributed by atoms with Crippen molar-refractivity contribution in [1.82, 2.24) is 0 Å². The molecule has 0 unspecified atom stereocenters. The van der Waals surface area contributed by atoms with E-state index in [1.54, 1.807) is 0 Å². The summed E-state index contributed by atoms with van der Waals surface area (Å²) >= 11 is 0. The Bertz CT molecular complexity index is 372. The van der Waals surface area contributed by atoms with Gasteiger partial charge in [-0.25, -0.2) is 0 Å². The lowest BCUT2D eigenvalue weighted by Crippen LogP contribution is -2.11. The third kappa shape index (κ3) is 3.93. The van der Waals surface area contributed by atoms with Crippen LogP contribution in [0.25, 0.3) is 0 Å². The molecule has 0 atom stereocenters. The van der Waals surface area contributed by atoms with E-state index >= 15 is 0 Å². The van der Waals surface area contributed by atoms with Crippen LogP contribution >= 0.6 is 0 Å². The number of anilines is 1. The van der Waals surface area contributed by atoms with Crippen molar-refractivity contribution in [3.05, 3.63) is 29.3 Å². The fraction of sp³-hybridized carbons (Fsp3) is 0.462. The molecule has 1 aromatic rings. The van der Waals surface area contributed by atoms with E-state index in [1.807, 2.05) is 25.1 Å². The van der Waals surface area contributed by atoms with Gasteiger partial charge in [0.05, 0.1) is 6.42 Å². The van der Waals surface area contributed by atoms with Gasteiger partial charge in [-0.15, -0.1) is 0 Å². The first-order valence-electron chi connectivity index (χ1n) is 5.54. The highest BCUT2D eigenvalue weighted by Crippen LogP contribution is 2.18. The van der Waals surface area contributed by atoms with Crippen molar-refractivity contribution in [3.63, 3.8) is 0 Å². The topological polar surface area (TPSA) is 49.3 Å². The minimum absolute atomic E-state index is 0.0715. The summed E-state index contributed by atoms with van der Waals surface area (Å²) < 4.78 is 0. The summed E-state index contributed by atoms with van der Waals surface area (Å²) in [5.74, 6) is -0.253. The Kier molecular flexibility index (Phi) is 4.35. The highest BCUT2D eigenvalue weighted by Gasteiger charge is 2.07. The first-order valence-corrected chi connectivity index (χ1v) is 5.54. The number of carboxylic acids is 1. The summed E-state index contributed by atoms with van der Waals surface area (Å²) in [5.41, 5.74) is 2.88. The quantitative estimate of drug-likeness (QED) is 0.803. The number of aryl methyl sites for hydroxylation is 1. The second-order valence-corrected chi connectivity index (χ2v) is 4.51. The number of carboxylic acid groups (broad SMARTS) is 1. The van der Waals surface area contributed by atoms with E-state index in [0.29, 0.717) is 5.92 Å². The molecule has 0 aliphatic carbocycles. The number of hydrogen-bond donors (Lipinski definition) is 2. The van der Waals surface area contributed by atoms with Crippen LogP contribution in [0.4, 0.5) is 5.69 Å². The molecule has 0 aliphatic rings. The number of aliphatic carboxylic acids is 1. The van der Waals surface area contributed by atoms with Gasteiger partial charge < -0.3 is 10.4 Å². The minimum Gasteiger partial charge on any atom is -0.481 e. The summed E-state index contributed by atoms with van der Waals surface area (Å²) in [6.07, 6.45) is 0.0715. The zero-order chi connectivity index (χ0) is 12.1. The van der Waals surface area contributed by atoms with E-state index in [4.69, 9.17) is 5.11 Å². The maximum Gasteiger partial charge on any atom is 0.307 e. The molecule has 16 heavy (non-hydrogen) atoms. The summed E-state index contributed by atoms with van der Waals surface area (Å²) in [6, 6.07) is 5.88. The van der Waals surface area contributed by atoms with Crippen LogP contribution in [0.1, 0.15) is 25.0 Å². The maximum atomic E-state index is 10.7. The lowest BCUT2D eigenvalue weighted by Gasteiger charge is -2.13. The largest absolute Gasteiger partial charge is 0.481 e. The second kappa shape index (κ2) is 5.54. The molecule has 0 saturated carbocycles. The number of benzene rings is 1. The zero-order valence-corrected chi connectivity index (χ0v) is 10.1. The zero-order valence-electron chi connectivity index (χ0n) is 10.1. The molecule has 88 valence electrons. The average Bonchev–Trinajstić information content (AvgIpc) is 2.15. The predicted octanol–water partition coefficient (Wildman–Crippen LogP) is 2.69. The van der Waals surface area contributed by atoms with Crippen LogP contribution in [-0.4, -0.2) is 17.6 Å². The third-order valence-electron chi connectivity index (χ3n) is 2.30. The molecule has 3 nitrogen and oxygen atoms in total. The fourth-order valence-corrected chi connectivity index (χ4v) is 1.52. The van der Waals surface area contributed by atoms with Crippen molar-refractivity contribution in [2.24, 2.45) is 5.92 Å². The van der Waals surface area contributed by atoms with Crippen molar-refractivity contribution < 1.29 is 9.90 Å². The molecule has 1 aromatic carbocycles. The van der Waals surface area contributed by atoms with E-state index in [2.05, 4.69) is 19.2 Å². The van der Waals surface area contributed by atoms with Crippen LogP contribution in [0.15, 0.2) is 18.2 Å². The SMILES string of the molecule is Cc1ccc(NCC(C)C)c(CC(=O)O)c1. The Morgan fingerprint density at radius 3 is 2.69 bits per heavy atom. The lowest BCUT2D eigenvalue weighted by atomic mass is 10.1. The van der Waals surface area contributed by atoms with Gasteiger partial charge in [0.25, 0.3) is 0 Å². The van der Waals surface area contributed by atoms with E-state index in [9.17, 15) is 4.79 Å². The summed E-state index contributed by atoms with van der Waals surface area (Å²) in [5, 5.41) is 12.1. The minimum atomic E-state index is -0.793. The second-order valence-electron chi connectivity index (χ2n) is 4.51. The number of hydrogen-bond acceptors (Lipinski definition) is 2. The van der Waals surface area contributed by atoms with Crippen molar-refractivity contribution >= 4 is 11.7 Å². The Morgan fingerprint density at radius 2 is 2.12 bits per heavy atom. The Balaban J connectivity index is 2.84. The molecular weight excluding hydrogens is 202 g/mol. The van der Waals surface area contributed by atoms with Gasteiger partial charge in [0.2, 0.25) is 0 Å². The smallest absolute Gasteiger partial charge is 0.307 e. The molecule has 0 heterocycles. The van der Waals surface area contributed by atoms with Crippen molar-refractivity contribution in [2.75, 3.05) is 11.9 Å². The molecular formula is C13H19NO2. The standard InChI is InChI=1S/C13H19NO2/c1-9(2)8-14-12-5-4-10(3)6-11(12)7-13(15)16/h4-6,9,14H,7-8H2,1-3H3,(H,15,16). The Hall–Kier alpha value is -1.51. The maximum absolute atomic E-state index is 10.7. The van der Waals surface area contributed by atoms with Crippen molar-refractivity contribution in [2.45, 2.75) is 27.2 Å². The third-order valence-corrected chi connectivity index (χ3v) is 2.30. The summed E-state index contributed by atoms with van der Waals surface area (Å²) in [4.78, 5) is 10.7. The van der Waals surface area contributed by atoms with Crippen LogP contribution in [0, 0.1) is 12.8 Å². The first-order chi connectivity index (χ1) is 7.49. The molecule has 0 amide bonds. The normalized spacial score (nSPS) is 10.5. The number of rotatable bonds is 5. The predicted molar refractivity (Wildman–Crippen MR) is 65.8 cm³/mol. The molecule has 2 N–H and O–H groups in total. The van der Waals surface area contributed by atoms with Crippen LogP contribution < -0.4 is 5.32 Å². The highest BCUT2D eigenvalue weighted by atomic mass is 16.4. The molecule has 0 aromatic heterocycles. The van der Waals surface area contributed by atoms with Gasteiger partial charge in [-0.3, -0.25) is 4.79 Å². The Morgan fingerprint density at radius 1 is 1.44 bits per heavy atom. The monoisotopic (exact) mass is 221 g/mol. The summed E-state index contributed by atoms with van der Waals surface area (Å²) in [6.45, 7) is 7.07. The molecule has 0 aliphatic heterocycles. The van der Waals surface area contributed by atoms with Gasteiger partial charge in [0, 0.05) is 12.2 Å². The molecule has 0 saturated heterocycles. The molecule has 0 spiro atoms. The van der Waals surface area contributed by atoms with Gasteiger partial charge in [-0.2, -0.15) is 0 Å². The van der Waals surface area contributed by atoms with E-state index in [-0.39, 0.29) is 6.42 Å². The Labute approximate surface area is 96.5 Å². The van der Waals surface area contributed by atoms with Crippen LogP contribution in [-0.2, 0) is 11.2 Å². The summed E-state index contributed by atoms with van der Waals surface area (Å²) in [7, 11) is 0. The van der Waals surface area contributed by atoms with Gasteiger partial charge >= 0.3 is 5.97 Å². The fourth-order valence-electron chi connectivity index (χ4n) is 1.52. The van der Waals surface area contributed by atoms with Crippen LogP contribution in [0.5, 0.6) is 0 Å². The lowest BCUT2D eigenvalue weighted by molar-refractivity contribution is -0.136. The van der Waals surface area contributed by atoms with Crippen molar-refractivity contribution in [3.8, 4) is 0 Å². The van der Waals surface area contributed by atoms with Crippen LogP contribution in [0.2, 0.25) is 0 Å². The molecule has 1 rings (SSSR count). The van der Waals surface area contributed by atoms with Gasteiger partial charge in [0.1, 0.15) is 0 Å². The average molecular weight is 221 g/mol. The van der Waals surface area contributed by atoms with E-state index in [0.717, 1.165) is 23.4 Å². The molecule has 0 radical (unpaired) electrons. The highest BCUT2D eigenvalue weighted by molar-refractivity contribution is 5.73.